The summed E-state index contributed by atoms with van der Waals surface area (Å²) in [6, 6.07) is 9.86. The van der Waals surface area contributed by atoms with Crippen LogP contribution in [0, 0.1) is 5.82 Å². The maximum atomic E-state index is 13.9. The zero-order valence-corrected chi connectivity index (χ0v) is 12.9. The van der Waals surface area contributed by atoms with Gasteiger partial charge in [-0.25, -0.2) is 4.39 Å². The van der Waals surface area contributed by atoms with Crippen LogP contribution in [0.25, 0.3) is 0 Å². The molecule has 0 aromatic heterocycles. The van der Waals surface area contributed by atoms with Gasteiger partial charge in [-0.3, -0.25) is 0 Å². The average Bonchev–Trinajstić information content (AvgIpc) is 2.35. The van der Waals surface area contributed by atoms with Gasteiger partial charge in [0.05, 0.1) is 4.47 Å². The van der Waals surface area contributed by atoms with E-state index in [-0.39, 0.29) is 5.56 Å². The second kappa shape index (κ2) is 5.70. The highest BCUT2D eigenvalue weighted by Crippen LogP contribution is 2.33. The molecule has 0 fully saturated rings. The minimum Gasteiger partial charge on any atom is -0.383 e. The molecule has 5 heteroatoms. The Morgan fingerprint density at radius 3 is 2.56 bits per heavy atom. The third-order valence-electron chi connectivity index (χ3n) is 2.53. The van der Waals surface area contributed by atoms with Crippen molar-refractivity contribution in [1.29, 1.82) is 0 Å². The summed E-state index contributed by atoms with van der Waals surface area (Å²) < 4.78 is 15.0. The van der Waals surface area contributed by atoms with Gasteiger partial charge in [0.25, 0.3) is 0 Å². The van der Waals surface area contributed by atoms with Crippen LogP contribution in [0.5, 0.6) is 0 Å². The van der Waals surface area contributed by atoms with Gasteiger partial charge in [0.15, 0.2) is 0 Å². The maximum absolute atomic E-state index is 13.9. The summed E-state index contributed by atoms with van der Waals surface area (Å²) in [7, 11) is 0. The first-order chi connectivity index (χ1) is 8.50. The van der Waals surface area contributed by atoms with Crippen LogP contribution in [0.15, 0.2) is 45.3 Å². The average molecular weight is 394 g/mol. The van der Waals surface area contributed by atoms with Crippen molar-refractivity contribution in [2.45, 2.75) is 6.10 Å². The van der Waals surface area contributed by atoms with Crippen molar-refractivity contribution in [2.24, 2.45) is 0 Å². The minimum absolute atomic E-state index is 0.185. The van der Waals surface area contributed by atoms with Crippen LogP contribution in [-0.2, 0) is 0 Å². The topological polar surface area (TPSA) is 20.2 Å². The van der Waals surface area contributed by atoms with Crippen LogP contribution >= 0.6 is 43.5 Å². The van der Waals surface area contributed by atoms with E-state index in [9.17, 15) is 9.50 Å². The molecule has 2 aromatic rings. The predicted octanol–water partition coefficient (Wildman–Crippen LogP) is 5.09. The third-order valence-corrected chi connectivity index (χ3v) is 3.98. The maximum Gasteiger partial charge on any atom is 0.143 e. The van der Waals surface area contributed by atoms with E-state index in [0.29, 0.717) is 15.1 Å². The third kappa shape index (κ3) is 2.77. The first-order valence-corrected chi connectivity index (χ1v) is 7.04. The zero-order valence-electron chi connectivity index (χ0n) is 9.00. The van der Waals surface area contributed by atoms with E-state index < -0.39 is 11.9 Å². The summed E-state index contributed by atoms with van der Waals surface area (Å²) in [6.45, 7) is 0. The molecule has 1 N–H and O–H groups in total. The summed E-state index contributed by atoms with van der Waals surface area (Å²) in [5.74, 6) is -0.485. The van der Waals surface area contributed by atoms with Crippen LogP contribution < -0.4 is 0 Å². The van der Waals surface area contributed by atoms with Crippen LogP contribution in [0.3, 0.4) is 0 Å². The van der Waals surface area contributed by atoms with E-state index in [2.05, 4.69) is 31.9 Å². The quantitative estimate of drug-likeness (QED) is 0.753. The lowest BCUT2D eigenvalue weighted by molar-refractivity contribution is 0.215. The molecule has 0 radical (unpaired) electrons. The fraction of sp³-hybridized carbons (Fsp3) is 0.0769. The fourth-order valence-electron chi connectivity index (χ4n) is 1.62. The lowest BCUT2D eigenvalue weighted by Crippen LogP contribution is -2.03. The molecule has 0 heterocycles. The Kier molecular flexibility index (Phi) is 4.43. The van der Waals surface area contributed by atoms with Crippen LogP contribution in [-0.4, -0.2) is 5.11 Å². The van der Waals surface area contributed by atoms with E-state index in [1.165, 1.54) is 6.07 Å². The van der Waals surface area contributed by atoms with Crippen molar-refractivity contribution in [1.82, 2.24) is 0 Å². The SMILES string of the molecule is OC(c1cc(Br)ccc1Cl)c1cccc(Br)c1F. The van der Waals surface area contributed by atoms with Crippen molar-refractivity contribution < 1.29 is 9.50 Å². The van der Waals surface area contributed by atoms with Gasteiger partial charge in [-0.2, -0.15) is 0 Å². The molecule has 0 saturated carbocycles. The molecule has 1 unspecified atom stereocenters. The molecule has 2 aromatic carbocycles. The summed E-state index contributed by atoms with van der Waals surface area (Å²) in [5, 5.41) is 10.6. The number of rotatable bonds is 2. The molecule has 0 spiro atoms. The molecule has 0 aliphatic carbocycles. The zero-order chi connectivity index (χ0) is 13.3. The molecular formula is C13H8Br2ClFO. The number of aliphatic hydroxyl groups excluding tert-OH is 1. The number of aliphatic hydroxyl groups is 1. The van der Waals surface area contributed by atoms with Gasteiger partial charge in [-0.1, -0.05) is 39.7 Å². The van der Waals surface area contributed by atoms with E-state index in [1.807, 2.05) is 0 Å². The Morgan fingerprint density at radius 1 is 1.11 bits per heavy atom. The van der Waals surface area contributed by atoms with Gasteiger partial charge < -0.3 is 5.11 Å². The molecule has 0 aliphatic rings. The molecule has 0 aliphatic heterocycles. The lowest BCUT2D eigenvalue weighted by atomic mass is 10.0. The van der Waals surface area contributed by atoms with E-state index in [1.54, 1.807) is 30.3 Å². The molecule has 0 saturated heterocycles. The fourth-order valence-corrected chi connectivity index (χ4v) is 2.60. The van der Waals surface area contributed by atoms with Gasteiger partial charge in [0.1, 0.15) is 11.9 Å². The Bertz CT molecular complexity index is 587. The second-order valence-electron chi connectivity index (χ2n) is 3.71. The highest BCUT2D eigenvalue weighted by atomic mass is 79.9. The minimum atomic E-state index is -1.10. The number of hydrogen-bond donors (Lipinski definition) is 1. The van der Waals surface area contributed by atoms with E-state index in [0.717, 1.165) is 4.47 Å². The molecule has 1 nitrogen and oxygen atoms in total. The highest BCUT2D eigenvalue weighted by molar-refractivity contribution is 9.10. The Labute approximate surface area is 126 Å². The smallest absolute Gasteiger partial charge is 0.143 e. The van der Waals surface area contributed by atoms with Crippen molar-refractivity contribution in [3.63, 3.8) is 0 Å². The lowest BCUT2D eigenvalue weighted by Gasteiger charge is -2.15. The number of halogens is 4. The van der Waals surface area contributed by atoms with E-state index in [4.69, 9.17) is 11.6 Å². The van der Waals surface area contributed by atoms with Gasteiger partial charge >= 0.3 is 0 Å². The Morgan fingerprint density at radius 2 is 1.83 bits per heavy atom. The van der Waals surface area contributed by atoms with E-state index >= 15 is 0 Å². The van der Waals surface area contributed by atoms with Crippen LogP contribution in [0.2, 0.25) is 5.02 Å². The Balaban J connectivity index is 2.51. The number of hydrogen-bond acceptors (Lipinski definition) is 1. The first-order valence-electron chi connectivity index (χ1n) is 5.07. The summed E-state index contributed by atoms with van der Waals surface area (Å²) in [5.41, 5.74) is 0.646. The summed E-state index contributed by atoms with van der Waals surface area (Å²) in [6.07, 6.45) is -1.10. The number of benzene rings is 2. The van der Waals surface area contributed by atoms with Crippen molar-refractivity contribution in [3.8, 4) is 0 Å². The molecule has 0 bridgehead atoms. The summed E-state index contributed by atoms with van der Waals surface area (Å²) in [4.78, 5) is 0. The molecule has 18 heavy (non-hydrogen) atoms. The van der Waals surface area contributed by atoms with Crippen molar-refractivity contribution >= 4 is 43.5 Å². The van der Waals surface area contributed by atoms with Gasteiger partial charge in [0.2, 0.25) is 0 Å². The van der Waals surface area contributed by atoms with Gasteiger partial charge in [-0.15, -0.1) is 0 Å². The molecule has 0 amide bonds. The van der Waals surface area contributed by atoms with Gasteiger partial charge in [-0.05, 0) is 40.2 Å². The highest BCUT2D eigenvalue weighted by Gasteiger charge is 2.19. The molecule has 94 valence electrons. The Hall–Kier alpha value is -0.420. The summed E-state index contributed by atoms with van der Waals surface area (Å²) >= 11 is 12.4. The van der Waals surface area contributed by atoms with Crippen molar-refractivity contribution in [3.05, 3.63) is 67.3 Å². The van der Waals surface area contributed by atoms with Crippen molar-refractivity contribution in [2.75, 3.05) is 0 Å². The molecular weight excluding hydrogens is 386 g/mol. The standard InChI is InChI=1S/C13H8Br2ClFO/c14-7-4-5-11(16)9(6-7)13(18)8-2-1-3-10(15)12(8)17/h1-6,13,18H. The monoisotopic (exact) mass is 392 g/mol. The van der Waals surface area contributed by atoms with Gasteiger partial charge in [0, 0.05) is 20.6 Å². The first kappa shape index (κ1) is 14.0. The second-order valence-corrected chi connectivity index (χ2v) is 5.89. The predicted molar refractivity (Wildman–Crippen MR) is 77.3 cm³/mol. The van der Waals surface area contributed by atoms with Crippen LogP contribution in [0.4, 0.5) is 4.39 Å². The van der Waals surface area contributed by atoms with Crippen LogP contribution in [0.1, 0.15) is 17.2 Å². The normalized spacial score (nSPS) is 12.5. The largest absolute Gasteiger partial charge is 0.383 e. The molecule has 2 rings (SSSR count). The molecule has 1 atom stereocenters.